The van der Waals surface area contributed by atoms with E-state index in [0.29, 0.717) is 24.8 Å². The van der Waals surface area contributed by atoms with E-state index >= 15 is 0 Å². The van der Waals surface area contributed by atoms with E-state index in [9.17, 15) is 4.79 Å². The Balaban J connectivity index is 2.22. The minimum Gasteiger partial charge on any atom is -0.384 e. The quantitative estimate of drug-likeness (QED) is 0.651. The van der Waals surface area contributed by atoms with Crippen LogP contribution in [0.15, 0.2) is 18.3 Å². The van der Waals surface area contributed by atoms with Crippen molar-refractivity contribution in [2.45, 2.75) is 33.6 Å². The number of hydrogen-bond acceptors (Lipinski definition) is 4. The van der Waals surface area contributed by atoms with E-state index in [1.54, 1.807) is 12.3 Å². The van der Waals surface area contributed by atoms with Gasteiger partial charge in [-0.05, 0) is 30.9 Å². The Morgan fingerprint density at radius 1 is 1.33 bits per heavy atom. The molecule has 0 radical (unpaired) electrons. The van der Waals surface area contributed by atoms with E-state index in [0.717, 1.165) is 31.7 Å². The van der Waals surface area contributed by atoms with Gasteiger partial charge < -0.3 is 15.4 Å². The fourth-order valence-corrected chi connectivity index (χ4v) is 1.69. The zero-order valence-electron chi connectivity index (χ0n) is 13.3. The van der Waals surface area contributed by atoms with Crippen molar-refractivity contribution in [3.63, 3.8) is 0 Å². The monoisotopic (exact) mass is 293 g/mol. The van der Waals surface area contributed by atoms with Crippen LogP contribution >= 0.6 is 0 Å². The van der Waals surface area contributed by atoms with Gasteiger partial charge in [0.25, 0.3) is 5.91 Å². The number of rotatable bonds is 10. The number of nitrogens with one attached hydrogen (secondary N) is 2. The van der Waals surface area contributed by atoms with Crippen molar-refractivity contribution in [1.29, 1.82) is 0 Å². The third-order valence-electron chi connectivity index (χ3n) is 2.78. The van der Waals surface area contributed by atoms with E-state index in [-0.39, 0.29) is 5.91 Å². The fraction of sp³-hybridized carbons (Fsp3) is 0.625. The SMILES string of the molecule is CCCNc1ccc(C(=O)NCCCOCC(C)C)nc1. The molecule has 0 saturated heterocycles. The van der Waals surface area contributed by atoms with Crippen LogP contribution < -0.4 is 10.6 Å². The molecule has 1 aromatic rings. The summed E-state index contributed by atoms with van der Waals surface area (Å²) in [5, 5.41) is 6.07. The van der Waals surface area contributed by atoms with Crippen molar-refractivity contribution >= 4 is 11.6 Å². The smallest absolute Gasteiger partial charge is 0.269 e. The summed E-state index contributed by atoms with van der Waals surface area (Å²) in [5.74, 6) is 0.407. The summed E-state index contributed by atoms with van der Waals surface area (Å²) in [6.45, 7) is 9.29. The first-order valence-electron chi connectivity index (χ1n) is 7.69. The number of aromatic nitrogens is 1. The summed E-state index contributed by atoms with van der Waals surface area (Å²) in [7, 11) is 0. The molecule has 1 rings (SSSR count). The Hall–Kier alpha value is -1.62. The number of nitrogens with zero attached hydrogens (tertiary/aromatic N) is 1. The van der Waals surface area contributed by atoms with Crippen LogP contribution in [0.3, 0.4) is 0 Å². The van der Waals surface area contributed by atoms with Crippen LogP contribution in [-0.2, 0) is 4.74 Å². The summed E-state index contributed by atoms with van der Waals surface area (Å²) in [6.07, 6.45) is 3.56. The largest absolute Gasteiger partial charge is 0.384 e. The maximum absolute atomic E-state index is 11.9. The summed E-state index contributed by atoms with van der Waals surface area (Å²) in [6, 6.07) is 3.62. The fourth-order valence-electron chi connectivity index (χ4n) is 1.69. The molecule has 21 heavy (non-hydrogen) atoms. The van der Waals surface area contributed by atoms with Crippen LogP contribution in [0.5, 0.6) is 0 Å². The lowest BCUT2D eigenvalue weighted by Gasteiger charge is -2.08. The molecule has 0 aliphatic carbocycles. The zero-order chi connectivity index (χ0) is 15.5. The Morgan fingerprint density at radius 3 is 2.76 bits per heavy atom. The maximum Gasteiger partial charge on any atom is 0.269 e. The Bertz CT molecular complexity index is 404. The average molecular weight is 293 g/mol. The van der Waals surface area contributed by atoms with Gasteiger partial charge in [-0.1, -0.05) is 20.8 Å². The highest BCUT2D eigenvalue weighted by Gasteiger charge is 2.06. The second-order valence-corrected chi connectivity index (χ2v) is 5.44. The number of carbonyl (C=O) groups excluding carboxylic acids is 1. The molecule has 1 aromatic heterocycles. The molecule has 0 fully saturated rings. The molecule has 0 aliphatic heterocycles. The van der Waals surface area contributed by atoms with E-state index in [1.165, 1.54) is 0 Å². The standard InChI is InChI=1S/C16H27N3O2/c1-4-8-17-14-6-7-15(19-11-14)16(20)18-9-5-10-21-12-13(2)3/h6-7,11,13,17H,4-5,8-10,12H2,1-3H3,(H,18,20). The van der Waals surface area contributed by atoms with Gasteiger partial charge in [-0.3, -0.25) is 4.79 Å². The predicted octanol–water partition coefficient (Wildman–Crippen LogP) is 2.70. The first-order chi connectivity index (χ1) is 10.1. The van der Waals surface area contributed by atoms with Crippen molar-refractivity contribution in [3.8, 4) is 0 Å². The average Bonchev–Trinajstić information content (AvgIpc) is 2.48. The molecule has 0 aromatic carbocycles. The van der Waals surface area contributed by atoms with Crippen LogP contribution in [-0.4, -0.2) is 37.2 Å². The van der Waals surface area contributed by atoms with Gasteiger partial charge >= 0.3 is 0 Å². The van der Waals surface area contributed by atoms with Gasteiger partial charge in [-0.25, -0.2) is 4.98 Å². The first-order valence-corrected chi connectivity index (χ1v) is 7.69. The summed E-state index contributed by atoms with van der Waals surface area (Å²) in [5.41, 5.74) is 1.38. The number of hydrogen-bond donors (Lipinski definition) is 2. The lowest BCUT2D eigenvalue weighted by molar-refractivity contribution is 0.0920. The lowest BCUT2D eigenvalue weighted by atomic mass is 10.2. The van der Waals surface area contributed by atoms with Gasteiger partial charge in [0.05, 0.1) is 11.9 Å². The van der Waals surface area contributed by atoms with Crippen LogP contribution in [0.2, 0.25) is 0 Å². The number of carbonyl (C=O) groups is 1. The number of pyridine rings is 1. The normalized spacial score (nSPS) is 10.7. The molecule has 0 saturated carbocycles. The molecule has 1 heterocycles. The van der Waals surface area contributed by atoms with Gasteiger partial charge in [-0.2, -0.15) is 0 Å². The minimum absolute atomic E-state index is 0.138. The number of ether oxygens (including phenoxy) is 1. The maximum atomic E-state index is 11.9. The zero-order valence-corrected chi connectivity index (χ0v) is 13.3. The number of anilines is 1. The summed E-state index contributed by atoms with van der Waals surface area (Å²) in [4.78, 5) is 16.0. The highest BCUT2D eigenvalue weighted by atomic mass is 16.5. The predicted molar refractivity (Wildman–Crippen MR) is 85.6 cm³/mol. The third kappa shape index (κ3) is 7.66. The highest BCUT2D eigenvalue weighted by molar-refractivity contribution is 5.92. The number of amides is 1. The minimum atomic E-state index is -0.138. The summed E-state index contributed by atoms with van der Waals surface area (Å²) < 4.78 is 5.46. The van der Waals surface area contributed by atoms with E-state index < -0.39 is 0 Å². The molecule has 5 nitrogen and oxygen atoms in total. The molecular formula is C16H27N3O2. The van der Waals surface area contributed by atoms with Crippen LogP contribution in [0, 0.1) is 5.92 Å². The van der Waals surface area contributed by atoms with Crippen LogP contribution in [0.1, 0.15) is 44.1 Å². The Kier molecular flexibility index (Phi) is 8.43. The molecule has 0 atom stereocenters. The van der Waals surface area contributed by atoms with E-state index in [2.05, 4.69) is 36.4 Å². The molecule has 118 valence electrons. The Labute approximate surface area is 127 Å². The molecule has 0 bridgehead atoms. The molecule has 0 spiro atoms. The van der Waals surface area contributed by atoms with Gasteiger partial charge in [0.2, 0.25) is 0 Å². The van der Waals surface area contributed by atoms with Crippen LogP contribution in [0.4, 0.5) is 5.69 Å². The molecule has 0 aliphatic rings. The first kappa shape index (κ1) is 17.4. The van der Waals surface area contributed by atoms with Crippen LogP contribution in [0.25, 0.3) is 0 Å². The van der Waals surface area contributed by atoms with Gasteiger partial charge in [0, 0.05) is 26.3 Å². The molecule has 2 N–H and O–H groups in total. The molecule has 5 heteroatoms. The van der Waals surface area contributed by atoms with Crippen molar-refractivity contribution < 1.29 is 9.53 Å². The van der Waals surface area contributed by atoms with Crippen molar-refractivity contribution in [3.05, 3.63) is 24.0 Å². The molecule has 1 amide bonds. The van der Waals surface area contributed by atoms with E-state index in [1.807, 2.05) is 6.07 Å². The second-order valence-electron chi connectivity index (χ2n) is 5.44. The third-order valence-corrected chi connectivity index (χ3v) is 2.78. The second kappa shape index (κ2) is 10.2. The van der Waals surface area contributed by atoms with Crippen molar-refractivity contribution in [1.82, 2.24) is 10.3 Å². The van der Waals surface area contributed by atoms with Crippen molar-refractivity contribution in [2.75, 3.05) is 31.6 Å². The van der Waals surface area contributed by atoms with Gasteiger partial charge in [0.1, 0.15) is 5.69 Å². The lowest BCUT2D eigenvalue weighted by Crippen LogP contribution is -2.26. The topological polar surface area (TPSA) is 63.2 Å². The van der Waals surface area contributed by atoms with Gasteiger partial charge in [0.15, 0.2) is 0 Å². The molecular weight excluding hydrogens is 266 g/mol. The van der Waals surface area contributed by atoms with E-state index in [4.69, 9.17) is 4.74 Å². The Morgan fingerprint density at radius 2 is 2.14 bits per heavy atom. The highest BCUT2D eigenvalue weighted by Crippen LogP contribution is 2.06. The summed E-state index contributed by atoms with van der Waals surface area (Å²) >= 11 is 0. The van der Waals surface area contributed by atoms with Crippen molar-refractivity contribution in [2.24, 2.45) is 5.92 Å². The van der Waals surface area contributed by atoms with Gasteiger partial charge in [-0.15, -0.1) is 0 Å². The molecule has 0 unspecified atom stereocenters.